The Balaban J connectivity index is 2.21. The first-order valence-corrected chi connectivity index (χ1v) is 6.14. The van der Waals surface area contributed by atoms with E-state index in [-0.39, 0.29) is 0 Å². The molecule has 2 aromatic heterocycles. The first kappa shape index (κ1) is 12.1. The molecule has 0 fully saturated rings. The van der Waals surface area contributed by atoms with Gasteiger partial charge in [0.2, 0.25) is 5.95 Å². The van der Waals surface area contributed by atoms with Crippen molar-refractivity contribution < 1.29 is 0 Å². The standard InChI is InChI=1S/C9H15N7S/c1-16(2)3-4-17-8-6-5-11-15-7(6)12-9(13-8)14-10/h5H,3-4,10H2,1-2H3,(H2,11,12,13,14,15). The van der Waals surface area contributed by atoms with Crippen LogP contribution in [0.25, 0.3) is 11.0 Å². The number of hydrogen-bond donors (Lipinski definition) is 3. The van der Waals surface area contributed by atoms with Gasteiger partial charge < -0.3 is 4.90 Å². The minimum Gasteiger partial charge on any atom is -0.309 e. The van der Waals surface area contributed by atoms with Crippen molar-refractivity contribution in [3.8, 4) is 0 Å². The molecule has 0 saturated carbocycles. The van der Waals surface area contributed by atoms with Gasteiger partial charge in [-0.15, -0.1) is 11.8 Å². The van der Waals surface area contributed by atoms with Gasteiger partial charge in [-0.1, -0.05) is 0 Å². The summed E-state index contributed by atoms with van der Waals surface area (Å²) in [5.74, 6) is 6.68. The number of hydrogen-bond acceptors (Lipinski definition) is 7. The molecule has 0 bridgehead atoms. The number of rotatable bonds is 5. The van der Waals surface area contributed by atoms with Crippen molar-refractivity contribution in [3.05, 3.63) is 6.20 Å². The second-order valence-corrected chi connectivity index (χ2v) is 4.86. The zero-order chi connectivity index (χ0) is 12.3. The van der Waals surface area contributed by atoms with Crippen molar-refractivity contribution in [2.75, 3.05) is 31.8 Å². The molecule has 2 rings (SSSR count). The van der Waals surface area contributed by atoms with E-state index in [2.05, 4.69) is 30.5 Å². The number of H-pyrrole nitrogens is 1. The second-order valence-electron chi connectivity index (χ2n) is 3.78. The van der Waals surface area contributed by atoms with Crippen LogP contribution in [0.3, 0.4) is 0 Å². The summed E-state index contributed by atoms with van der Waals surface area (Å²) in [4.78, 5) is 10.6. The number of hydrazine groups is 1. The number of nitrogen functional groups attached to an aromatic ring is 1. The quantitative estimate of drug-likeness (QED) is 0.305. The lowest BCUT2D eigenvalue weighted by molar-refractivity contribution is 0.437. The highest BCUT2D eigenvalue weighted by Crippen LogP contribution is 2.24. The Kier molecular flexibility index (Phi) is 3.77. The lowest BCUT2D eigenvalue weighted by Crippen LogP contribution is -2.15. The molecular weight excluding hydrogens is 238 g/mol. The molecule has 0 unspecified atom stereocenters. The van der Waals surface area contributed by atoms with Crippen LogP contribution in [0.1, 0.15) is 0 Å². The predicted molar refractivity (Wildman–Crippen MR) is 68.8 cm³/mol. The summed E-state index contributed by atoms with van der Waals surface area (Å²) >= 11 is 1.66. The molecule has 0 aliphatic rings. The molecule has 2 heterocycles. The van der Waals surface area contributed by atoms with Crippen LogP contribution in [0.15, 0.2) is 11.2 Å². The molecule has 7 nitrogen and oxygen atoms in total. The summed E-state index contributed by atoms with van der Waals surface area (Å²) in [5.41, 5.74) is 3.15. The van der Waals surface area contributed by atoms with Crippen molar-refractivity contribution in [3.63, 3.8) is 0 Å². The van der Waals surface area contributed by atoms with Gasteiger partial charge in [0.25, 0.3) is 0 Å². The number of nitrogens with two attached hydrogens (primary N) is 1. The maximum Gasteiger partial charge on any atom is 0.240 e. The third-order valence-corrected chi connectivity index (χ3v) is 3.15. The number of aromatic amines is 1. The minimum absolute atomic E-state index is 0.397. The van der Waals surface area contributed by atoms with Crippen LogP contribution < -0.4 is 11.3 Å². The van der Waals surface area contributed by atoms with Crippen LogP contribution in [0.2, 0.25) is 0 Å². The van der Waals surface area contributed by atoms with Gasteiger partial charge in [-0.05, 0) is 14.1 Å². The summed E-state index contributed by atoms with van der Waals surface area (Å²) in [6.45, 7) is 0.986. The fourth-order valence-corrected chi connectivity index (χ4v) is 2.41. The van der Waals surface area contributed by atoms with Gasteiger partial charge >= 0.3 is 0 Å². The smallest absolute Gasteiger partial charge is 0.240 e. The number of aromatic nitrogens is 4. The molecule has 92 valence electrons. The molecule has 0 atom stereocenters. The van der Waals surface area contributed by atoms with E-state index >= 15 is 0 Å². The van der Waals surface area contributed by atoms with Crippen molar-refractivity contribution in [1.29, 1.82) is 0 Å². The molecule has 17 heavy (non-hydrogen) atoms. The first-order valence-electron chi connectivity index (χ1n) is 5.16. The third-order valence-electron chi connectivity index (χ3n) is 2.18. The molecular formula is C9H15N7S. The van der Waals surface area contributed by atoms with Crippen LogP contribution in [-0.2, 0) is 0 Å². The summed E-state index contributed by atoms with van der Waals surface area (Å²) in [7, 11) is 4.09. The molecule has 0 aromatic carbocycles. The number of nitrogens with one attached hydrogen (secondary N) is 2. The van der Waals surface area contributed by atoms with Gasteiger partial charge in [0.15, 0.2) is 5.65 Å². The van der Waals surface area contributed by atoms with E-state index in [1.54, 1.807) is 18.0 Å². The minimum atomic E-state index is 0.397. The summed E-state index contributed by atoms with van der Waals surface area (Å²) < 4.78 is 0. The average Bonchev–Trinajstić information content (AvgIpc) is 2.76. The van der Waals surface area contributed by atoms with Gasteiger partial charge in [0.05, 0.1) is 11.6 Å². The molecule has 0 spiro atoms. The van der Waals surface area contributed by atoms with Crippen molar-refractivity contribution >= 4 is 28.7 Å². The Labute approximate surface area is 103 Å². The van der Waals surface area contributed by atoms with E-state index in [0.717, 1.165) is 22.7 Å². The zero-order valence-corrected chi connectivity index (χ0v) is 10.6. The Morgan fingerprint density at radius 1 is 1.47 bits per heavy atom. The summed E-state index contributed by atoms with van der Waals surface area (Å²) in [5, 5.41) is 8.59. The Morgan fingerprint density at radius 2 is 2.29 bits per heavy atom. The maximum atomic E-state index is 5.33. The van der Waals surface area contributed by atoms with E-state index < -0.39 is 0 Å². The van der Waals surface area contributed by atoms with E-state index in [0.29, 0.717) is 11.6 Å². The molecule has 0 radical (unpaired) electrons. The van der Waals surface area contributed by atoms with Gasteiger partial charge in [-0.25, -0.2) is 10.8 Å². The molecule has 0 amide bonds. The fraction of sp³-hybridized carbons (Fsp3) is 0.444. The Morgan fingerprint density at radius 3 is 3.00 bits per heavy atom. The van der Waals surface area contributed by atoms with Gasteiger partial charge in [0.1, 0.15) is 5.03 Å². The molecule has 0 saturated heterocycles. The van der Waals surface area contributed by atoms with Crippen molar-refractivity contribution in [2.24, 2.45) is 5.84 Å². The number of nitrogens with zero attached hydrogens (tertiary/aromatic N) is 4. The van der Waals surface area contributed by atoms with E-state index in [4.69, 9.17) is 5.84 Å². The highest BCUT2D eigenvalue weighted by atomic mass is 32.2. The van der Waals surface area contributed by atoms with Gasteiger partial charge in [-0.3, -0.25) is 10.5 Å². The summed E-state index contributed by atoms with van der Waals surface area (Å²) in [6, 6.07) is 0. The molecule has 0 aliphatic carbocycles. The highest BCUT2D eigenvalue weighted by molar-refractivity contribution is 7.99. The van der Waals surface area contributed by atoms with E-state index in [1.807, 2.05) is 14.1 Å². The monoisotopic (exact) mass is 253 g/mol. The van der Waals surface area contributed by atoms with E-state index in [9.17, 15) is 0 Å². The van der Waals surface area contributed by atoms with E-state index in [1.165, 1.54) is 0 Å². The molecule has 2 aromatic rings. The van der Waals surface area contributed by atoms with Crippen LogP contribution in [0, 0.1) is 0 Å². The zero-order valence-electron chi connectivity index (χ0n) is 9.77. The fourth-order valence-electron chi connectivity index (χ4n) is 1.31. The molecule has 0 aliphatic heterocycles. The lowest BCUT2D eigenvalue weighted by Gasteiger charge is -2.09. The number of thioether (sulfide) groups is 1. The largest absolute Gasteiger partial charge is 0.309 e. The third kappa shape index (κ3) is 2.84. The van der Waals surface area contributed by atoms with Crippen molar-refractivity contribution in [1.82, 2.24) is 25.1 Å². The molecule has 8 heteroatoms. The Hall–Kier alpha value is -1.38. The van der Waals surface area contributed by atoms with Crippen LogP contribution in [0.4, 0.5) is 5.95 Å². The predicted octanol–water partition coefficient (Wildman–Crippen LogP) is 0.292. The number of fused-ring (bicyclic) bond motifs is 1. The van der Waals surface area contributed by atoms with Crippen molar-refractivity contribution in [2.45, 2.75) is 5.03 Å². The van der Waals surface area contributed by atoms with Gasteiger partial charge in [0, 0.05) is 12.3 Å². The SMILES string of the molecule is CN(C)CCSc1nc(NN)nc2[nH]ncc12. The van der Waals surface area contributed by atoms with Crippen LogP contribution in [-0.4, -0.2) is 51.5 Å². The number of anilines is 1. The highest BCUT2D eigenvalue weighted by Gasteiger charge is 2.09. The average molecular weight is 253 g/mol. The summed E-state index contributed by atoms with van der Waals surface area (Å²) in [6.07, 6.45) is 1.73. The van der Waals surface area contributed by atoms with Crippen LogP contribution in [0.5, 0.6) is 0 Å². The first-order chi connectivity index (χ1) is 8.20. The molecule has 4 N–H and O–H groups in total. The van der Waals surface area contributed by atoms with Crippen LogP contribution >= 0.6 is 11.8 Å². The maximum absolute atomic E-state index is 5.33. The normalized spacial score (nSPS) is 11.3. The lowest BCUT2D eigenvalue weighted by atomic mass is 10.4. The topological polar surface area (TPSA) is 95.8 Å². The Bertz CT molecular complexity index is 495. The van der Waals surface area contributed by atoms with Gasteiger partial charge in [-0.2, -0.15) is 10.1 Å². The second kappa shape index (κ2) is 5.30.